The van der Waals surface area contributed by atoms with Crippen molar-refractivity contribution in [3.63, 3.8) is 0 Å². The third-order valence-electron chi connectivity index (χ3n) is 6.06. The molecule has 0 aromatic heterocycles. The van der Waals surface area contributed by atoms with Gasteiger partial charge in [-0.2, -0.15) is 0 Å². The van der Waals surface area contributed by atoms with E-state index in [-0.39, 0.29) is 24.2 Å². The van der Waals surface area contributed by atoms with Crippen LogP contribution in [0.15, 0.2) is 24.3 Å². The maximum absolute atomic E-state index is 12.9. The van der Waals surface area contributed by atoms with E-state index in [1.165, 1.54) is 7.11 Å². The van der Waals surface area contributed by atoms with Crippen LogP contribution >= 0.6 is 0 Å². The molecule has 7 nitrogen and oxygen atoms in total. The van der Waals surface area contributed by atoms with Crippen LogP contribution < -0.4 is 0 Å². The lowest BCUT2D eigenvalue weighted by atomic mass is 9.76. The second-order valence-electron chi connectivity index (χ2n) is 7.44. The number of hydrogen-bond acceptors (Lipinski definition) is 5. The Balaban J connectivity index is 1.80. The third kappa shape index (κ3) is 3.85. The molecule has 1 unspecified atom stereocenters. The third-order valence-corrected chi connectivity index (χ3v) is 6.06. The Morgan fingerprint density at radius 3 is 2.62 bits per heavy atom. The average Bonchev–Trinajstić information content (AvgIpc) is 3.02. The van der Waals surface area contributed by atoms with Crippen molar-refractivity contribution < 1.29 is 23.9 Å². The summed E-state index contributed by atoms with van der Waals surface area (Å²) in [4.78, 5) is 41.5. The molecule has 0 radical (unpaired) electrons. The van der Waals surface area contributed by atoms with E-state index >= 15 is 0 Å². The van der Waals surface area contributed by atoms with E-state index in [4.69, 9.17) is 15.9 Å². The summed E-state index contributed by atoms with van der Waals surface area (Å²) in [6.45, 7) is 1.70. The van der Waals surface area contributed by atoms with Crippen LogP contribution in [0.4, 0.5) is 0 Å². The predicted octanol–water partition coefficient (Wildman–Crippen LogP) is 1.31. The number of methoxy groups -OCH3 is 2. The van der Waals surface area contributed by atoms with Gasteiger partial charge in [-0.1, -0.05) is 12.0 Å². The summed E-state index contributed by atoms with van der Waals surface area (Å²) in [5.41, 5.74) is 0.557. The zero-order valence-corrected chi connectivity index (χ0v) is 16.8. The Morgan fingerprint density at radius 1 is 1.28 bits per heavy atom. The van der Waals surface area contributed by atoms with Crippen molar-refractivity contribution in [3.05, 3.63) is 35.4 Å². The molecule has 2 heterocycles. The van der Waals surface area contributed by atoms with E-state index in [0.29, 0.717) is 50.2 Å². The van der Waals surface area contributed by atoms with Crippen molar-refractivity contribution in [2.75, 3.05) is 40.5 Å². The van der Waals surface area contributed by atoms with E-state index in [2.05, 4.69) is 5.92 Å². The van der Waals surface area contributed by atoms with Crippen LogP contribution in [0, 0.1) is 18.3 Å². The summed E-state index contributed by atoms with van der Waals surface area (Å²) >= 11 is 0. The standard InChI is InChI=1S/C22H26N2O5/c1-4-16-6-5-7-17(14-16)20(26)23-10-8-22(9-11-23)18(21(27)29-3)15-19(25)24(22)12-13-28-2/h1,5-7,14,18H,8-13,15H2,2-3H3. The van der Waals surface area contributed by atoms with Gasteiger partial charge in [0.15, 0.2) is 0 Å². The lowest BCUT2D eigenvalue weighted by Crippen LogP contribution is -2.58. The van der Waals surface area contributed by atoms with Crippen molar-refractivity contribution in [3.8, 4) is 12.3 Å². The largest absolute Gasteiger partial charge is 0.469 e. The average molecular weight is 398 g/mol. The van der Waals surface area contributed by atoms with Gasteiger partial charge in [0, 0.05) is 44.3 Å². The minimum absolute atomic E-state index is 0.0704. The molecule has 29 heavy (non-hydrogen) atoms. The number of likely N-dealkylation sites (tertiary alicyclic amines) is 2. The molecule has 2 aliphatic rings. The summed E-state index contributed by atoms with van der Waals surface area (Å²) in [6, 6.07) is 6.99. The molecule has 0 N–H and O–H groups in total. The summed E-state index contributed by atoms with van der Waals surface area (Å²) in [7, 11) is 2.92. The molecule has 0 saturated carbocycles. The predicted molar refractivity (Wildman–Crippen MR) is 106 cm³/mol. The van der Waals surface area contributed by atoms with Gasteiger partial charge in [0.05, 0.1) is 25.2 Å². The first-order valence-corrected chi connectivity index (χ1v) is 9.70. The van der Waals surface area contributed by atoms with E-state index in [1.807, 2.05) is 0 Å². The molecule has 154 valence electrons. The van der Waals surface area contributed by atoms with Crippen molar-refractivity contribution in [2.24, 2.45) is 5.92 Å². The molecule has 3 rings (SSSR count). The zero-order chi connectivity index (χ0) is 21.0. The molecule has 2 fully saturated rings. The fraction of sp³-hybridized carbons (Fsp3) is 0.500. The van der Waals surface area contributed by atoms with Crippen LogP contribution in [-0.2, 0) is 19.1 Å². The van der Waals surface area contributed by atoms with Crippen LogP contribution in [0.3, 0.4) is 0 Å². The Labute approximate surface area is 170 Å². The molecular weight excluding hydrogens is 372 g/mol. The maximum atomic E-state index is 12.9. The highest BCUT2D eigenvalue weighted by atomic mass is 16.5. The molecular formula is C22H26N2O5. The van der Waals surface area contributed by atoms with Gasteiger partial charge in [0.2, 0.25) is 5.91 Å². The Kier molecular flexibility index (Phi) is 6.23. The maximum Gasteiger partial charge on any atom is 0.311 e. The number of amides is 2. The smallest absolute Gasteiger partial charge is 0.311 e. The van der Waals surface area contributed by atoms with E-state index in [9.17, 15) is 14.4 Å². The van der Waals surface area contributed by atoms with Gasteiger partial charge in [-0.15, -0.1) is 6.42 Å². The first-order valence-electron chi connectivity index (χ1n) is 9.70. The van der Waals surface area contributed by atoms with E-state index in [1.54, 1.807) is 41.2 Å². The molecule has 2 saturated heterocycles. The molecule has 1 aromatic carbocycles. The highest BCUT2D eigenvalue weighted by Gasteiger charge is 2.57. The molecule has 0 aliphatic carbocycles. The summed E-state index contributed by atoms with van der Waals surface area (Å²) in [5, 5.41) is 0. The van der Waals surface area contributed by atoms with Gasteiger partial charge < -0.3 is 19.3 Å². The number of benzene rings is 1. The summed E-state index contributed by atoms with van der Waals surface area (Å²) < 4.78 is 10.1. The lowest BCUT2D eigenvalue weighted by molar-refractivity contribution is -0.150. The molecule has 1 aromatic rings. The van der Waals surface area contributed by atoms with E-state index < -0.39 is 11.5 Å². The number of nitrogens with zero attached hydrogens (tertiary/aromatic N) is 2. The highest BCUT2D eigenvalue weighted by Crippen LogP contribution is 2.44. The summed E-state index contributed by atoms with van der Waals surface area (Å²) in [6.07, 6.45) is 6.60. The number of ether oxygens (including phenoxy) is 2. The number of piperidine rings is 1. The van der Waals surface area contributed by atoms with Crippen LogP contribution in [0.5, 0.6) is 0 Å². The minimum atomic E-state index is -0.639. The van der Waals surface area contributed by atoms with Crippen molar-refractivity contribution in [1.29, 1.82) is 0 Å². The number of rotatable bonds is 5. The second-order valence-corrected chi connectivity index (χ2v) is 7.44. The van der Waals surface area contributed by atoms with Crippen molar-refractivity contribution >= 4 is 17.8 Å². The molecule has 2 amide bonds. The number of hydrogen-bond donors (Lipinski definition) is 0. The van der Waals surface area contributed by atoms with Gasteiger partial charge in [0.25, 0.3) is 5.91 Å². The van der Waals surface area contributed by atoms with Crippen molar-refractivity contribution in [2.45, 2.75) is 24.8 Å². The molecule has 1 spiro atoms. The second kappa shape index (κ2) is 8.66. The fourth-order valence-electron chi connectivity index (χ4n) is 4.53. The van der Waals surface area contributed by atoms with E-state index in [0.717, 1.165) is 0 Å². The first kappa shape index (κ1) is 20.9. The van der Waals surface area contributed by atoms with Crippen molar-refractivity contribution in [1.82, 2.24) is 9.80 Å². The van der Waals surface area contributed by atoms with Gasteiger partial charge in [-0.25, -0.2) is 0 Å². The van der Waals surface area contributed by atoms with Gasteiger partial charge >= 0.3 is 5.97 Å². The normalized spacial score (nSPS) is 20.6. The van der Waals surface area contributed by atoms with Crippen LogP contribution in [0.25, 0.3) is 0 Å². The molecule has 0 bridgehead atoms. The summed E-state index contributed by atoms with van der Waals surface area (Å²) in [5.74, 6) is 1.47. The zero-order valence-electron chi connectivity index (χ0n) is 16.8. The number of terminal acetylenes is 1. The monoisotopic (exact) mass is 398 g/mol. The minimum Gasteiger partial charge on any atom is -0.469 e. The quantitative estimate of drug-likeness (QED) is 0.552. The Hall–Kier alpha value is -2.85. The van der Waals surface area contributed by atoms with Crippen LogP contribution in [0.2, 0.25) is 0 Å². The van der Waals surface area contributed by atoms with Crippen LogP contribution in [0.1, 0.15) is 35.2 Å². The topological polar surface area (TPSA) is 76.2 Å². The molecule has 2 aliphatic heterocycles. The SMILES string of the molecule is C#Cc1cccc(C(=O)N2CCC3(CC2)C(C(=O)OC)CC(=O)N3CCOC)c1. The van der Waals surface area contributed by atoms with Gasteiger partial charge in [-0.05, 0) is 31.0 Å². The first-order chi connectivity index (χ1) is 14.0. The van der Waals surface area contributed by atoms with Gasteiger partial charge in [-0.3, -0.25) is 14.4 Å². The molecule has 7 heteroatoms. The molecule has 1 atom stereocenters. The Bertz CT molecular complexity index is 836. The highest BCUT2D eigenvalue weighted by molar-refractivity contribution is 5.95. The number of carbonyl (C=O) groups excluding carboxylic acids is 3. The van der Waals surface area contributed by atoms with Gasteiger partial charge in [0.1, 0.15) is 0 Å². The lowest BCUT2D eigenvalue weighted by Gasteiger charge is -2.47. The van der Waals surface area contributed by atoms with Crippen LogP contribution in [-0.4, -0.2) is 73.6 Å². The number of carbonyl (C=O) groups is 3. The fourth-order valence-corrected chi connectivity index (χ4v) is 4.53. The number of esters is 1. The Morgan fingerprint density at radius 2 is 2.00 bits per heavy atom.